The average molecular weight is 347 g/mol. The van der Waals surface area contributed by atoms with Crippen LogP contribution in [0.15, 0.2) is 22.7 Å². The second-order valence-corrected chi connectivity index (χ2v) is 6.03. The number of rotatable bonds is 7. The summed E-state index contributed by atoms with van der Waals surface area (Å²) < 4.78 is 15.7. The van der Waals surface area contributed by atoms with Crippen molar-refractivity contribution in [3.05, 3.63) is 24.1 Å². The molecule has 0 bridgehead atoms. The lowest BCUT2D eigenvalue weighted by Crippen LogP contribution is -2.36. The number of carbonyl (C=O) groups is 1. The van der Waals surface area contributed by atoms with Crippen LogP contribution >= 0.6 is 0 Å². The molecule has 0 spiro atoms. The summed E-state index contributed by atoms with van der Waals surface area (Å²) in [5.74, 6) is 1.55. The molecular formula is C17H21N3O5. The normalized spacial score (nSPS) is 16.2. The van der Waals surface area contributed by atoms with Crippen LogP contribution in [0.1, 0.15) is 31.7 Å². The number of benzene rings is 1. The zero-order valence-corrected chi connectivity index (χ0v) is 14.4. The third kappa shape index (κ3) is 3.74. The number of nitrogens with zero attached hydrogens (tertiary/aromatic N) is 2. The number of aromatic nitrogens is 2. The van der Waals surface area contributed by atoms with Crippen LogP contribution in [-0.2, 0) is 4.79 Å². The zero-order chi connectivity index (χ0) is 18.0. The first-order chi connectivity index (χ1) is 12.0. The predicted molar refractivity (Wildman–Crippen MR) is 88.1 cm³/mol. The van der Waals surface area contributed by atoms with Crippen molar-refractivity contribution in [2.45, 2.75) is 31.9 Å². The molecule has 2 aromatic rings. The number of aliphatic hydroxyl groups excluding tert-OH is 1. The molecule has 8 heteroatoms. The van der Waals surface area contributed by atoms with Gasteiger partial charge in [-0.25, -0.2) is 0 Å². The summed E-state index contributed by atoms with van der Waals surface area (Å²) in [6.07, 6.45) is 0.888. The van der Waals surface area contributed by atoms with Crippen LogP contribution in [0.5, 0.6) is 11.5 Å². The standard InChI is InChI=1S/C17H21N3O5/c1-9(21)14(18-16(22)10-4-5-10)17-19-15(20-25-17)11-6-7-12(23-2)13(8-11)24-3/h6-10,14,21H,4-5H2,1-3H3,(H,18,22)/t9-,14+/m0/s1. The van der Waals surface area contributed by atoms with Crippen molar-refractivity contribution in [2.24, 2.45) is 5.92 Å². The van der Waals surface area contributed by atoms with E-state index in [4.69, 9.17) is 14.0 Å². The fourth-order valence-electron chi connectivity index (χ4n) is 2.46. The molecule has 0 radical (unpaired) electrons. The molecule has 1 aromatic carbocycles. The molecule has 1 amide bonds. The lowest BCUT2D eigenvalue weighted by atomic mass is 10.1. The minimum atomic E-state index is -0.860. The number of hydrogen-bond donors (Lipinski definition) is 2. The van der Waals surface area contributed by atoms with Gasteiger partial charge in [-0.1, -0.05) is 5.16 Å². The molecule has 134 valence electrons. The van der Waals surface area contributed by atoms with Crippen molar-refractivity contribution in [2.75, 3.05) is 14.2 Å². The highest BCUT2D eigenvalue weighted by molar-refractivity contribution is 5.81. The first kappa shape index (κ1) is 17.2. The van der Waals surface area contributed by atoms with Crippen molar-refractivity contribution >= 4 is 5.91 Å². The summed E-state index contributed by atoms with van der Waals surface area (Å²) in [7, 11) is 3.10. The Labute approximate surface area is 145 Å². The Morgan fingerprint density at radius 3 is 2.64 bits per heavy atom. The van der Waals surface area contributed by atoms with Crippen molar-refractivity contribution < 1.29 is 23.9 Å². The number of aliphatic hydroxyl groups is 1. The van der Waals surface area contributed by atoms with E-state index in [1.807, 2.05) is 0 Å². The number of ether oxygens (including phenoxy) is 2. The molecule has 0 saturated heterocycles. The number of nitrogens with one attached hydrogen (secondary N) is 1. The van der Waals surface area contributed by atoms with E-state index in [2.05, 4.69) is 15.5 Å². The Bertz CT molecular complexity index is 754. The summed E-state index contributed by atoms with van der Waals surface area (Å²) in [5.41, 5.74) is 0.672. The van der Waals surface area contributed by atoms with E-state index in [-0.39, 0.29) is 17.7 Å². The van der Waals surface area contributed by atoms with Crippen molar-refractivity contribution in [1.29, 1.82) is 0 Å². The van der Waals surface area contributed by atoms with Crippen LogP contribution in [0.3, 0.4) is 0 Å². The summed E-state index contributed by atoms with van der Waals surface area (Å²) >= 11 is 0. The third-order valence-electron chi connectivity index (χ3n) is 4.08. The molecule has 1 heterocycles. The highest BCUT2D eigenvalue weighted by Crippen LogP contribution is 2.32. The van der Waals surface area contributed by atoms with Crippen molar-refractivity contribution in [3.8, 4) is 22.9 Å². The molecular weight excluding hydrogens is 326 g/mol. The van der Waals surface area contributed by atoms with Gasteiger partial charge in [0.25, 0.3) is 5.89 Å². The fourth-order valence-corrected chi connectivity index (χ4v) is 2.46. The van der Waals surface area contributed by atoms with Gasteiger partial charge in [0.1, 0.15) is 6.04 Å². The number of carbonyl (C=O) groups excluding carboxylic acids is 1. The second kappa shape index (κ2) is 7.10. The molecule has 1 aromatic heterocycles. The Balaban J connectivity index is 1.83. The lowest BCUT2D eigenvalue weighted by Gasteiger charge is -2.17. The van der Waals surface area contributed by atoms with E-state index in [0.29, 0.717) is 22.9 Å². The molecule has 8 nitrogen and oxygen atoms in total. The Hall–Kier alpha value is -2.61. The van der Waals surface area contributed by atoms with Gasteiger partial charge in [-0.2, -0.15) is 4.98 Å². The molecule has 2 atom stereocenters. The molecule has 2 N–H and O–H groups in total. The van der Waals surface area contributed by atoms with E-state index in [1.54, 1.807) is 39.3 Å². The summed E-state index contributed by atoms with van der Waals surface area (Å²) in [4.78, 5) is 16.3. The molecule has 0 unspecified atom stereocenters. The molecule has 1 aliphatic rings. The number of methoxy groups -OCH3 is 2. The van der Waals surface area contributed by atoms with E-state index in [9.17, 15) is 9.90 Å². The van der Waals surface area contributed by atoms with Crippen molar-refractivity contribution in [3.63, 3.8) is 0 Å². The van der Waals surface area contributed by atoms with E-state index in [0.717, 1.165) is 12.8 Å². The summed E-state index contributed by atoms with van der Waals surface area (Å²) in [5, 5.41) is 16.7. The number of amides is 1. The van der Waals surface area contributed by atoms with Gasteiger partial charge in [0.05, 0.1) is 20.3 Å². The zero-order valence-electron chi connectivity index (χ0n) is 14.4. The molecule has 25 heavy (non-hydrogen) atoms. The maximum absolute atomic E-state index is 12.0. The summed E-state index contributed by atoms with van der Waals surface area (Å²) in [6, 6.07) is 4.50. The maximum Gasteiger partial charge on any atom is 0.252 e. The van der Waals surface area contributed by atoms with E-state index >= 15 is 0 Å². The molecule has 3 rings (SSSR count). The maximum atomic E-state index is 12.0. The van der Waals surface area contributed by atoms with Gasteiger partial charge in [0.2, 0.25) is 11.7 Å². The van der Waals surface area contributed by atoms with Crippen LogP contribution in [-0.4, -0.2) is 41.5 Å². The van der Waals surface area contributed by atoms with Crippen LogP contribution in [0, 0.1) is 5.92 Å². The van der Waals surface area contributed by atoms with Crippen LogP contribution in [0.25, 0.3) is 11.4 Å². The van der Waals surface area contributed by atoms with Gasteiger partial charge in [-0.3, -0.25) is 4.79 Å². The number of hydrogen-bond acceptors (Lipinski definition) is 7. The Morgan fingerprint density at radius 2 is 2.04 bits per heavy atom. The Morgan fingerprint density at radius 1 is 1.32 bits per heavy atom. The van der Waals surface area contributed by atoms with Gasteiger partial charge in [0.15, 0.2) is 11.5 Å². The largest absolute Gasteiger partial charge is 0.493 e. The van der Waals surface area contributed by atoms with Gasteiger partial charge in [0, 0.05) is 11.5 Å². The average Bonchev–Trinajstić information content (AvgIpc) is 3.36. The van der Waals surface area contributed by atoms with Crippen LogP contribution in [0.2, 0.25) is 0 Å². The van der Waals surface area contributed by atoms with Crippen LogP contribution < -0.4 is 14.8 Å². The SMILES string of the molecule is COc1ccc(-c2noc([C@H](NC(=O)C3CC3)[C@H](C)O)n2)cc1OC. The molecule has 1 fully saturated rings. The first-order valence-corrected chi connectivity index (χ1v) is 8.08. The minimum Gasteiger partial charge on any atom is -0.493 e. The quantitative estimate of drug-likeness (QED) is 0.785. The second-order valence-electron chi connectivity index (χ2n) is 6.03. The lowest BCUT2D eigenvalue weighted by molar-refractivity contribution is -0.124. The van der Waals surface area contributed by atoms with Gasteiger partial charge < -0.3 is 24.4 Å². The van der Waals surface area contributed by atoms with Crippen molar-refractivity contribution in [1.82, 2.24) is 15.5 Å². The molecule has 0 aliphatic heterocycles. The van der Waals surface area contributed by atoms with E-state index in [1.165, 1.54) is 0 Å². The van der Waals surface area contributed by atoms with Gasteiger partial charge in [-0.05, 0) is 38.0 Å². The third-order valence-corrected chi connectivity index (χ3v) is 4.08. The first-order valence-electron chi connectivity index (χ1n) is 8.08. The molecule has 1 saturated carbocycles. The molecule has 1 aliphatic carbocycles. The van der Waals surface area contributed by atoms with Gasteiger partial charge in [-0.15, -0.1) is 0 Å². The highest BCUT2D eigenvalue weighted by atomic mass is 16.5. The topological polar surface area (TPSA) is 107 Å². The smallest absolute Gasteiger partial charge is 0.252 e. The Kier molecular flexibility index (Phi) is 4.89. The highest BCUT2D eigenvalue weighted by Gasteiger charge is 2.34. The monoisotopic (exact) mass is 347 g/mol. The predicted octanol–water partition coefficient (Wildman–Crippen LogP) is 1.70. The minimum absolute atomic E-state index is 0.0227. The van der Waals surface area contributed by atoms with E-state index < -0.39 is 12.1 Å². The fraction of sp³-hybridized carbons (Fsp3) is 0.471. The van der Waals surface area contributed by atoms with Gasteiger partial charge >= 0.3 is 0 Å². The van der Waals surface area contributed by atoms with Crippen LogP contribution in [0.4, 0.5) is 0 Å². The summed E-state index contributed by atoms with van der Waals surface area (Å²) in [6.45, 7) is 1.57.